The first-order chi connectivity index (χ1) is 10.7. The van der Waals surface area contributed by atoms with Crippen LogP contribution in [0.1, 0.15) is 51.4 Å². The van der Waals surface area contributed by atoms with E-state index in [1.54, 1.807) is 0 Å². The molecule has 0 aromatic heterocycles. The van der Waals surface area contributed by atoms with Crippen molar-refractivity contribution in [3.8, 4) is 0 Å². The van der Waals surface area contributed by atoms with Gasteiger partial charge in [-0.1, -0.05) is 19.3 Å². The van der Waals surface area contributed by atoms with Crippen molar-refractivity contribution in [1.29, 1.82) is 0 Å². The molecule has 22 heavy (non-hydrogen) atoms. The Kier molecular flexibility index (Phi) is 5.14. The van der Waals surface area contributed by atoms with Crippen molar-refractivity contribution in [2.45, 2.75) is 51.4 Å². The summed E-state index contributed by atoms with van der Waals surface area (Å²) in [5, 5.41) is 0. The molecule has 2 heterocycles. The number of rotatable bonds is 4. The Morgan fingerprint density at radius 1 is 0.909 bits per heavy atom. The molecule has 0 unspecified atom stereocenters. The first-order valence-corrected chi connectivity index (χ1v) is 8.82. The number of piperidine rings is 1. The van der Waals surface area contributed by atoms with Gasteiger partial charge in [-0.15, -0.1) is 0 Å². The third-order valence-electron chi connectivity index (χ3n) is 5.53. The Bertz CT molecular complexity index is 392. The summed E-state index contributed by atoms with van der Waals surface area (Å²) >= 11 is 0. The summed E-state index contributed by atoms with van der Waals surface area (Å²) in [4.78, 5) is 28.7. The van der Waals surface area contributed by atoms with Crippen LogP contribution in [0.15, 0.2) is 0 Å². The fraction of sp³-hybridized carbons (Fsp3) is 0.882. The zero-order valence-corrected chi connectivity index (χ0v) is 13.5. The highest BCUT2D eigenvalue weighted by Gasteiger charge is 2.43. The van der Waals surface area contributed by atoms with Crippen molar-refractivity contribution in [2.75, 3.05) is 39.4 Å². The minimum absolute atomic E-state index is 0.00707. The molecule has 3 rings (SSSR count). The van der Waals surface area contributed by atoms with E-state index in [4.69, 9.17) is 4.74 Å². The maximum Gasteiger partial charge on any atom is 0.229 e. The van der Waals surface area contributed by atoms with Crippen LogP contribution in [0.5, 0.6) is 0 Å². The normalized spacial score (nSPS) is 26.6. The lowest BCUT2D eigenvalue weighted by Gasteiger charge is -2.42. The van der Waals surface area contributed by atoms with Crippen molar-refractivity contribution >= 4 is 11.8 Å². The smallest absolute Gasteiger partial charge is 0.229 e. The summed E-state index contributed by atoms with van der Waals surface area (Å²) in [6.45, 7) is 5.06. The number of carbonyl (C=O) groups excluding carboxylic acids is 2. The molecule has 124 valence electrons. The number of carbonyl (C=O) groups is 2. The van der Waals surface area contributed by atoms with Crippen LogP contribution >= 0.6 is 0 Å². The maximum atomic E-state index is 12.4. The second-order valence-corrected chi connectivity index (χ2v) is 7.16. The number of amides is 2. The minimum atomic E-state index is 0.00707. The summed E-state index contributed by atoms with van der Waals surface area (Å²) in [5.74, 6) is 0.139. The topological polar surface area (TPSA) is 49.9 Å². The van der Waals surface area contributed by atoms with E-state index in [9.17, 15) is 9.59 Å². The molecule has 3 aliphatic rings. The van der Waals surface area contributed by atoms with Crippen LogP contribution in [-0.2, 0) is 14.3 Å². The SMILES string of the molecule is O=C1CC2(CCCCC2)CC(=O)N1CCCN1CCOCC1. The van der Waals surface area contributed by atoms with Crippen LogP contribution < -0.4 is 0 Å². The van der Waals surface area contributed by atoms with Gasteiger partial charge < -0.3 is 4.74 Å². The van der Waals surface area contributed by atoms with Gasteiger partial charge in [0, 0.05) is 39.0 Å². The first-order valence-electron chi connectivity index (χ1n) is 8.82. The maximum absolute atomic E-state index is 12.4. The van der Waals surface area contributed by atoms with Crippen molar-refractivity contribution in [3.63, 3.8) is 0 Å². The molecule has 0 aromatic carbocycles. The lowest BCUT2D eigenvalue weighted by atomic mass is 9.67. The second-order valence-electron chi connectivity index (χ2n) is 7.16. The second kappa shape index (κ2) is 7.09. The van der Waals surface area contributed by atoms with Gasteiger partial charge in [-0.2, -0.15) is 0 Å². The van der Waals surface area contributed by atoms with Crippen LogP contribution in [0.3, 0.4) is 0 Å². The van der Waals surface area contributed by atoms with E-state index >= 15 is 0 Å². The number of morpholine rings is 1. The summed E-state index contributed by atoms with van der Waals surface area (Å²) in [5.41, 5.74) is 0.00707. The Labute approximate surface area is 133 Å². The van der Waals surface area contributed by atoms with Gasteiger partial charge in [-0.25, -0.2) is 0 Å². The van der Waals surface area contributed by atoms with Gasteiger partial charge in [-0.05, 0) is 24.7 Å². The third kappa shape index (κ3) is 3.69. The Balaban J connectivity index is 1.47. The van der Waals surface area contributed by atoms with Crippen molar-refractivity contribution in [3.05, 3.63) is 0 Å². The molecule has 0 radical (unpaired) electrons. The minimum Gasteiger partial charge on any atom is -0.379 e. The van der Waals surface area contributed by atoms with E-state index in [0.29, 0.717) is 19.4 Å². The summed E-state index contributed by atoms with van der Waals surface area (Å²) in [6.07, 6.45) is 7.80. The number of ether oxygens (including phenoxy) is 1. The van der Waals surface area contributed by atoms with E-state index in [0.717, 1.165) is 52.1 Å². The van der Waals surface area contributed by atoms with E-state index in [1.807, 2.05) is 0 Å². The number of imide groups is 1. The molecule has 0 aromatic rings. The van der Waals surface area contributed by atoms with E-state index in [1.165, 1.54) is 24.2 Å². The number of nitrogens with zero attached hydrogens (tertiary/aromatic N) is 2. The van der Waals surface area contributed by atoms with Gasteiger partial charge in [0.15, 0.2) is 0 Å². The molecular weight excluding hydrogens is 280 g/mol. The van der Waals surface area contributed by atoms with Gasteiger partial charge in [-0.3, -0.25) is 19.4 Å². The average molecular weight is 308 g/mol. The highest BCUT2D eigenvalue weighted by molar-refractivity contribution is 5.98. The summed E-state index contributed by atoms with van der Waals surface area (Å²) in [6, 6.07) is 0. The largest absolute Gasteiger partial charge is 0.379 e. The zero-order valence-electron chi connectivity index (χ0n) is 13.5. The predicted octanol–water partition coefficient (Wildman–Crippen LogP) is 1.81. The highest BCUT2D eigenvalue weighted by Crippen LogP contribution is 2.45. The fourth-order valence-electron chi connectivity index (χ4n) is 4.22. The van der Waals surface area contributed by atoms with Crippen LogP contribution in [-0.4, -0.2) is 61.0 Å². The zero-order chi connectivity index (χ0) is 15.4. The van der Waals surface area contributed by atoms with Crippen LogP contribution in [0, 0.1) is 5.41 Å². The fourth-order valence-corrected chi connectivity index (χ4v) is 4.22. The van der Waals surface area contributed by atoms with Crippen molar-refractivity contribution in [1.82, 2.24) is 9.80 Å². The molecule has 1 spiro atoms. The standard InChI is InChI=1S/C17H28N2O3/c20-15-13-17(5-2-1-3-6-17)14-16(21)19(15)8-4-7-18-9-11-22-12-10-18/h1-14H2. The van der Waals surface area contributed by atoms with E-state index in [-0.39, 0.29) is 17.2 Å². The van der Waals surface area contributed by atoms with Crippen LogP contribution in [0.25, 0.3) is 0 Å². The monoisotopic (exact) mass is 308 g/mol. The van der Waals surface area contributed by atoms with Crippen molar-refractivity contribution < 1.29 is 14.3 Å². The number of hydrogen-bond donors (Lipinski definition) is 0. The lowest BCUT2D eigenvalue weighted by Crippen LogP contribution is -2.49. The summed E-state index contributed by atoms with van der Waals surface area (Å²) in [7, 11) is 0. The number of likely N-dealkylation sites (tertiary alicyclic amines) is 1. The lowest BCUT2D eigenvalue weighted by molar-refractivity contribution is -0.154. The molecule has 3 fully saturated rings. The van der Waals surface area contributed by atoms with Gasteiger partial charge >= 0.3 is 0 Å². The van der Waals surface area contributed by atoms with Crippen LogP contribution in [0.4, 0.5) is 0 Å². The van der Waals surface area contributed by atoms with E-state index < -0.39 is 0 Å². The molecule has 2 amide bonds. The molecule has 0 atom stereocenters. The molecule has 0 bridgehead atoms. The molecule has 0 N–H and O–H groups in total. The van der Waals surface area contributed by atoms with Gasteiger partial charge in [0.1, 0.15) is 0 Å². The molecule has 1 aliphatic carbocycles. The molecule has 2 saturated heterocycles. The summed E-state index contributed by atoms with van der Waals surface area (Å²) < 4.78 is 5.33. The Morgan fingerprint density at radius 3 is 2.18 bits per heavy atom. The predicted molar refractivity (Wildman–Crippen MR) is 83.3 cm³/mol. The third-order valence-corrected chi connectivity index (χ3v) is 5.53. The molecule has 5 nitrogen and oxygen atoms in total. The first kappa shape index (κ1) is 15.9. The van der Waals surface area contributed by atoms with Gasteiger partial charge in [0.2, 0.25) is 11.8 Å². The molecule has 5 heteroatoms. The van der Waals surface area contributed by atoms with Crippen molar-refractivity contribution in [2.24, 2.45) is 5.41 Å². The Hall–Kier alpha value is -0.940. The Morgan fingerprint density at radius 2 is 1.55 bits per heavy atom. The van der Waals surface area contributed by atoms with Gasteiger partial charge in [0.25, 0.3) is 0 Å². The number of hydrogen-bond acceptors (Lipinski definition) is 4. The average Bonchev–Trinajstić information content (AvgIpc) is 2.52. The molecular formula is C17H28N2O3. The van der Waals surface area contributed by atoms with Gasteiger partial charge in [0.05, 0.1) is 13.2 Å². The molecule has 2 aliphatic heterocycles. The van der Waals surface area contributed by atoms with Crippen LogP contribution in [0.2, 0.25) is 0 Å². The molecule has 1 saturated carbocycles. The quantitative estimate of drug-likeness (QED) is 0.743. The van der Waals surface area contributed by atoms with E-state index in [2.05, 4.69) is 4.90 Å². The highest BCUT2D eigenvalue weighted by atomic mass is 16.5.